The van der Waals surface area contributed by atoms with Gasteiger partial charge in [0.1, 0.15) is 18.0 Å². The van der Waals surface area contributed by atoms with Gasteiger partial charge in [-0.15, -0.1) is 0 Å². The van der Waals surface area contributed by atoms with Crippen LogP contribution in [-0.4, -0.2) is 30.3 Å². The van der Waals surface area contributed by atoms with Crippen molar-refractivity contribution in [3.63, 3.8) is 0 Å². The SMILES string of the molecule is COCCOc1ccc(Nc2ncc3c(n2)N3)cc1. The van der Waals surface area contributed by atoms with Crippen molar-refractivity contribution in [2.45, 2.75) is 0 Å². The summed E-state index contributed by atoms with van der Waals surface area (Å²) in [7, 11) is 1.65. The van der Waals surface area contributed by atoms with E-state index in [1.807, 2.05) is 24.3 Å². The lowest BCUT2D eigenvalue weighted by molar-refractivity contribution is 0.146. The highest BCUT2D eigenvalue weighted by atomic mass is 16.5. The van der Waals surface area contributed by atoms with Crippen LogP contribution in [0.4, 0.5) is 23.1 Å². The van der Waals surface area contributed by atoms with Gasteiger partial charge in [0.25, 0.3) is 0 Å². The van der Waals surface area contributed by atoms with Crippen molar-refractivity contribution in [2.75, 3.05) is 31.0 Å². The molecule has 0 saturated heterocycles. The van der Waals surface area contributed by atoms with Gasteiger partial charge >= 0.3 is 0 Å². The van der Waals surface area contributed by atoms with Crippen LogP contribution in [0, 0.1) is 0 Å². The van der Waals surface area contributed by atoms with Gasteiger partial charge in [-0.3, -0.25) is 0 Å². The zero-order valence-electron chi connectivity index (χ0n) is 10.5. The maximum Gasteiger partial charge on any atom is 0.229 e. The summed E-state index contributed by atoms with van der Waals surface area (Å²) in [5, 5.41) is 6.14. The molecule has 6 heteroatoms. The Morgan fingerprint density at radius 1 is 1.21 bits per heavy atom. The van der Waals surface area contributed by atoms with Crippen molar-refractivity contribution in [2.24, 2.45) is 0 Å². The highest BCUT2D eigenvalue weighted by Crippen LogP contribution is 2.35. The van der Waals surface area contributed by atoms with Gasteiger partial charge < -0.3 is 20.1 Å². The molecule has 3 rings (SSSR count). The van der Waals surface area contributed by atoms with E-state index in [9.17, 15) is 0 Å². The number of rotatable bonds is 6. The zero-order chi connectivity index (χ0) is 13.1. The van der Waals surface area contributed by atoms with Gasteiger partial charge in [-0.2, -0.15) is 4.98 Å². The molecule has 0 aliphatic carbocycles. The molecular weight excluding hydrogens is 244 g/mol. The van der Waals surface area contributed by atoms with E-state index in [2.05, 4.69) is 20.6 Å². The maximum atomic E-state index is 5.49. The lowest BCUT2D eigenvalue weighted by atomic mass is 10.3. The van der Waals surface area contributed by atoms with E-state index in [1.165, 1.54) is 0 Å². The van der Waals surface area contributed by atoms with Crippen LogP contribution in [0.1, 0.15) is 0 Å². The minimum absolute atomic E-state index is 0.545. The number of aromatic nitrogens is 2. The molecule has 0 fully saturated rings. The Balaban J connectivity index is 1.59. The van der Waals surface area contributed by atoms with Gasteiger partial charge in [-0.1, -0.05) is 0 Å². The molecule has 0 bridgehead atoms. The monoisotopic (exact) mass is 258 g/mol. The Bertz CT molecular complexity index is 571. The Morgan fingerprint density at radius 3 is 2.79 bits per heavy atom. The molecule has 1 aliphatic heterocycles. The Hall–Kier alpha value is -2.34. The molecule has 0 radical (unpaired) electrons. The Kier molecular flexibility index (Phi) is 3.16. The van der Waals surface area contributed by atoms with Crippen LogP contribution in [0.25, 0.3) is 0 Å². The predicted octanol–water partition coefficient (Wildman–Crippen LogP) is 2.30. The van der Waals surface area contributed by atoms with E-state index in [0.717, 1.165) is 22.9 Å². The van der Waals surface area contributed by atoms with E-state index in [0.29, 0.717) is 19.2 Å². The smallest absolute Gasteiger partial charge is 0.229 e. The fourth-order valence-corrected chi connectivity index (χ4v) is 1.61. The van der Waals surface area contributed by atoms with E-state index in [-0.39, 0.29) is 0 Å². The number of nitrogens with one attached hydrogen (secondary N) is 2. The second-order valence-electron chi connectivity index (χ2n) is 4.07. The van der Waals surface area contributed by atoms with E-state index < -0.39 is 0 Å². The second-order valence-corrected chi connectivity index (χ2v) is 4.07. The summed E-state index contributed by atoms with van der Waals surface area (Å²) in [5.41, 5.74) is 1.91. The second kappa shape index (κ2) is 5.11. The van der Waals surface area contributed by atoms with Crippen molar-refractivity contribution in [3.05, 3.63) is 30.5 Å². The molecule has 1 aliphatic rings. The summed E-state index contributed by atoms with van der Waals surface area (Å²) in [6, 6.07) is 7.63. The number of fused-ring (bicyclic) bond motifs is 1. The van der Waals surface area contributed by atoms with Crippen molar-refractivity contribution in [3.8, 4) is 5.75 Å². The average molecular weight is 258 g/mol. The molecule has 0 amide bonds. The summed E-state index contributed by atoms with van der Waals surface area (Å²) in [6.45, 7) is 1.12. The lowest BCUT2D eigenvalue weighted by Gasteiger charge is -2.07. The number of benzene rings is 1. The fraction of sp³-hybridized carbons (Fsp3) is 0.231. The first-order valence-electron chi connectivity index (χ1n) is 5.98. The summed E-state index contributed by atoms with van der Waals surface area (Å²) < 4.78 is 10.4. The minimum Gasteiger partial charge on any atom is -0.491 e. The van der Waals surface area contributed by atoms with Crippen LogP contribution in [0.5, 0.6) is 5.75 Å². The molecule has 6 nitrogen and oxygen atoms in total. The molecule has 1 aromatic heterocycles. The van der Waals surface area contributed by atoms with Gasteiger partial charge in [0.15, 0.2) is 5.82 Å². The molecule has 98 valence electrons. The maximum absolute atomic E-state index is 5.49. The van der Waals surface area contributed by atoms with E-state index in [4.69, 9.17) is 9.47 Å². The van der Waals surface area contributed by atoms with Gasteiger partial charge in [0.2, 0.25) is 5.95 Å². The van der Waals surface area contributed by atoms with Gasteiger partial charge in [-0.05, 0) is 24.3 Å². The third-order valence-electron chi connectivity index (χ3n) is 2.65. The molecule has 19 heavy (non-hydrogen) atoms. The van der Waals surface area contributed by atoms with Crippen LogP contribution in [0.2, 0.25) is 0 Å². The molecule has 0 atom stereocenters. The topological polar surface area (TPSA) is 78.2 Å². The molecule has 2 aromatic rings. The Labute approximate surface area is 110 Å². The number of nitrogens with zero attached hydrogens (tertiary/aromatic N) is 2. The number of ether oxygens (including phenoxy) is 2. The van der Waals surface area contributed by atoms with Crippen LogP contribution in [0.3, 0.4) is 0 Å². The van der Waals surface area contributed by atoms with Crippen LogP contribution in [-0.2, 0) is 4.74 Å². The largest absolute Gasteiger partial charge is 0.491 e. The van der Waals surface area contributed by atoms with Crippen LogP contribution < -0.4 is 15.4 Å². The molecule has 2 heterocycles. The molecule has 1 aromatic carbocycles. The zero-order valence-corrected chi connectivity index (χ0v) is 10.5. The van der Waals surface area contributed by atoms with Crippen LogP contribution >= 0.6 is 0 Å². The van der Waals surface area contributed by atoms with Crippen molar-refractivity contribution >= 4 is 23.1 Å². The van der Waals surface area contributed by atoms with Gasteiger partial charge in [0.05, 0.1) is 12.8 Å². The summed E-state index contributed by atoms with van der Waals surface area (Å²) in [5.74, 6) is 2.28. The fourth-order valence-electron chi connectivity index (χ4n) is 1.61. The number of anilines is 4. The summed E-state index contributed by atoms with van der Waals surface area (Å²) in [4.78, 5) is 8.44. The highest BCUT2D eigenvalue weighted by Gasteiger charge is 2.18. The molecular formula is C13H14N4O2. The summed E-state index contributed by atoms with van der Waals surface area (Å²) in [6.07, 6.45) is 1.76. The van der Waals surface area contributed by atoms with Crippen molar-refractivity contribution in [1.82, 2.24) is 9.97 Å². The quantitative estimate of drug-likeness (QED) is 0.522. The van der Waals surface area contributed by atoms with Crippen molar-refractivity contribution < 1.29 is 9.47 Å². The third-order valence-corrected chi connectivity index (χ3v) is 2.65. The lowest BCUT2D eigenvalue weighted by Crippen LogP contribution is -2.04. The van der Waals surface area contributed by atoms with Crippen LogP contribution in [0.15, 0.2) is 30.5 Å². The number of methoxy groups -OCH3 is 1. The van der Waals surface area contributed by atoms with E-state index in [1.54, 1.807) is 13.3 Å². The molecule has 2 N–H and O–H groups in total. The number of hydrogen-bond acceptors (Lipinski definition) is 6. The first kappa shape index (κ1) is 11.7. The third kappa shape index (κ3) is 2.92. The molecule has 0 spiro atoms. The number of hydrogen-bond donors (Lipinski definition) is 2. The average Bonchev–Trinajstić information content (AvgIpc) is 3.19. The predicted molar refractivity (Wildman–Crippen MR) is 72.4 cm³/mol. The minimum atomic E-state index is 0.545. The van der Waals surface area contributed by atoms with Gasteiger partial charge in [-0.25, -0.2) is 4.98 Å². The van der Waals surface area contributed by atoms with E-state index >= 15 is 0 Å². The van der Waals surface area contributed by atoms with Gasteiger partial charge in [0, 0.05) is 12.8 Å². The normalized spacial score (nSPS) is 11.4. The first-order valence-corrected chi connectivity index (χ1v) is 5.98. The molecule has 0 saturated carbocycles. The highest BCUT2D eigenvalue weighted by molar-refractivity contribution is 5.86. The Morgan fingerprint density at radius 2 is 2.05 bits per heavy atom. The van der Waals surface area contributed by atoms with Crippen molar-refractivity contribution in [1.29, 1.82) is 0 Å². The summed E-state index contributed by atoms with van der Waals surface area (Å²) >= 11 is 0. The molecule has 0 unspecified atom stereocenters. The first-order chi connectivity index (χ1) is 9.35. The standard InChI is InChI=1S/C13H14N4O2/c1-18-6-7-19-10-4-2-9(3-5-10)15-13-14-8-11-12(16-11)17-13/h2-5,8H,6-7H2,1H3,(H2,14,15,16,17).